The van der Waals surface area contributed by atoms with Crippen molar-refractivity contribution in [3.8, 4) is 5.75 Å². The number of carbonyl (C=O) groups excluding carboxylic acids is 2. The van der Waals surface area contributed by atoms with Crippen LogP contribution in [0.3, 0.4) is 0 Å². The molecule has 0 bridgehead atoms. The largest absolute Gasteiger partial charge is 0.480 e. The van der Waals surface area contributed by atoms with E-state index in [9.17, 15) is 22.8 Å². The van der Waals surface area contributed by atoms with Crippen LogP contribution in [0.25, 0.3) is 0 Å². The minimum atomic E-state index is -4.62. The van der Waals surface area contributed by atoms with Gasteiger partial charge < -0.3 is 10.1 Å². The molecule has 1 aromatic carbocycles. The summed E-state index contributed by atoms with van der Waals surface area (Å²) in [6.45, 7) is 2.78. The van der Waals surface area contributed by atoms with Crippen molar-refractivity contribution in [3.05, 3.63) is 47.7 Å². The van der Waals surface area contributed by atoms with Crippen LogP contribution in [-0.2, 0) is 15.8 Å². The van der Waals surface area contributed by atoms with Crippen molar-refractivity contribution in [2.24, 2.45) is 0 Å². The lowest BCUT2D eigenvalue weighted by Crippen LogP contribution is -2.48. The van der Waals surface area contributed by atoms with E-state index in [-0.39, 0.29) is 12.4 Å². The second-order valence-electron chi connectivity index (χ2n) is 6.05. The number of halogens is 3. The molecule has 1 aliphatic rings. The molecule has 1 aromatic heterocycles. The molecule has 2 aromatic rings. The number of pyridine rings is 1. The molecule has 0 fully saturated rings. The molecule has 1 atom stereocenters. The number of carbonyl (C=O) groups is 2. The quantitative estimate of drug-likeness (QED) is 0.889. The van der Waals surface area contributed by atoms with Crippen LogP contribution in [0, 0.1) is 6.92 Å². The normalized spacial score (nSPS) is 15.0. The van der Waals surface area contributed by atoms with E-state index in [1.165, 1.54) is 25.3 Å². The van der Waals surface area contributed by atoms with Crippen LogP contribution in [0.5, 0.6) is 5.75 Å². The number of nitrogens with zero attached hydrogens (tertiary/aromatic N) is 2. The maximum atomic E-state index is 13.1. The zero-order chi connectivity index (χ0) is 19.8. The van der Waals surface area contributed by atoms with E-state index in [1.54, 1.807) is 13.0 Å². The highest BCUT2D eigenvalue weighted by atomic mass is 19.4. The number of amides is 2. The van der Waals surface area contributed by atoms with Gasteiger partial charge in [-0.2, -0.15) is 13.2 Å². The van der Waals surface area contributed by atoms with E-state index in [1.807, 2.05) is 0 Å². The Balaban J connectivity index is 1.88. The molecular weight excluding hydrogens is 363 g/mol. The van der Waals surface area contributed by atoms with Crippen molar-refractivity contribution in [2.45, 2.75) is 26.1 Å². The van der Waals surface area contributed by atoms with Gasteiger partial charge in [0.05, 0.1) is 11.3 Å². The molecule has 0 saturated heterocycles. The summed E-state index contributed by atoms with van der Waals surface area (Å²) in [6.07, 6.45) is -4.39. The number of aryl methyl sites for hydroxylation is 1. The van der Waals surface area contributed by atoms with Crippen LogP contribution in [-0.4, -0.2) is 29.4 Å². The van der Waals surface area contributed by atoms with E-state index in [2.05, 4.69) is 10.3 Å². The molecule has 2 amide bonds. The highest BCUT2D eigenvalue weighted by Gasteiger charge is 2.36. The van der Waals surface area contributed by atoms with Gasteiger partial charge in [0.15, 0.2) is 11.9 Å². The highest BCUT2D eigenvalue weighted by molar-refractivity contribution is 6.10. The fourth-order valence-corrected chi connectivity index (χ4v) is 2.75. The maximum absolute atomic E-state index is 13.1. The number of ether oxygens (including phenoxy) is 1. The summed E-state index contributed by atoms with van der Waals surface area (Å²) < 4.78 is 44.6. The van der Waals surface area contributed by atoms with Crippen molar-refractivity contribution in [3.63, 3.8) is 0 Å². The van der Waals surface area contributed by atoms with E-state index in [0.29, 0.717) is 11.3 Å². The van der Waals surface area contributed by atoms with Crippen LogP contribution in [0.1, 0.15) is 18.1 Å². The first kappa shape index (κ1) is 18.7. The van der Waals surface area contributed by atoms with Gasteiger partial charge in [-0.3, -0.25) is 14.5 Å². The number of hydrogen-bond donors (Lipinski definition) is 1. The molecule has 0 radical (unpaired) electrons. The van der Waals surface area contributed by atoms with Crippen LogP contribution >= 0.6 is 0 Å². The van der Waals surface area contributed by atoms with Gasteiger partial charge in [0.25, 0.3) is 5.91 Å². The number of fused-ring (bicyclic) bond motifs is 1. The van der Waals surface area contributed by atoms with Crippen molar-refractivity contribution < 1.29 is 27.5 Å². The first-order valence-corrected chi connectivity index (χ1v) is 8.08. The predicted molar refractivity (Wildman–Crippen MR) is 91.5 cm³/mol. The minimum absolute atomic E-state index is 0.235. The highest BCUT2D eigenvalue weighted by Crippen LogP contribution is 2.37. The maximum Gasteiger partial charge on any atom is 0.419 e. The van der Waals surface area contributed by atoms with E-state index < -0.39 is 35.4 Å². The predicted octanol–water partition coefficient (Wildman–Crippen LogP) is 3.16. The van der Waals surface area contributed by atoms with Crippen molar-refractivity contribution >= 4 is 23.3 Å². The topological polar surface area (TPSA) is 71.5 Å². The number of anilines is 2. The molecule has 0 spiro atoms. The van der Waals surface area contributed by atoms with Crippen LogP contribution < -0.4 is 15.0 Å². The first-order valence-electron chi connectivity index (χ1n) is 8.08. The Hall–Kier alpha value is -3.10. The molecule has 27 heavy (non-hydrogen) atoms. The van der Waals surface area contributed by atoms with E-state index in [4.69, 9.17) is 4.74 Å². The average molecular weight is 379 g/mol. The molecule has 1 N–H and O–H groups in total. The summed E-state index contributed by atoms with van der Waals surface area (Å²) in [6, 6.07) is 6.32. The lowest BCUT2D eigenvalue weighted by atomic mass is 10.1. The summed E-state index contributed by atoms with van der Waals surface area (Å²) in [4.78, 5) is 30.0. The average Bonchev–Trinajstić information content (AvgIpc) is 2.61. The Morgan fingerprint density at radius 1 is 1.30 bits per heavy atom. The zero-order valence-electron chi connectivity index (χ0n) is 14.5. The third-order valence-corrected chi connectivity index (χ3v) is 4.07. The van der Waals surface area contributed by atoms with Gasteiger partial charge >= 0.3 is 6.18 Å². The van der Waals surface area contributed by atoms with Gasteiger partial charge in [0.2, 0.25) is 5.91 Å². The van der Waals surface area contributed by atoms with Crippen LogP contribution in [0.15, 0.2) is 36.5 Å². The number of nitrogens with one attached hydrogen (secondary N) is 1. The number of hydrogen-bond acceptors (Lipinski definition) is 4. The fraction of sp³-hybridized carbons (Fsp3) is 0.278. The Bertz CT molecular complexity index is 899. The summed E-state index contributed by atoms with van der Waals surface area (Å²) in [5, 5.41) is 2.65. The first-order chi connectivity index (χ1) is 12.7. The van der Waals surface area contributed by atoms with Gasteiger partial charge in [0.1, 0.15) is 12.3 Å². The summed E-state index contributed by atoms with van der Waals surface area (Å²) in [5.74, 6) is -1.31. The summed E-state index contributed by atoms with van der Waals surface area (Å²) in [5.41, 5.74) is 0.127. The lowest BCUT2D eigenvalue weighted by molar-refractivity contribution is -0.140. The Labute approximate surface area is 152 Å². The standard InChI is InChI=1S/C18H16F3N3O3/c1-10-7-8-22-16-15(10)23-14(25)9-24(16)17(26)11(2)27-13-6-4-3-5-12(13)18(19,20)21/h3-8,11H,9H2,1-2H3,(H,23,25). The molecule has 6 nitrogen and oxygen atoms in total. The summed E-state index contributed by atoms with van der Waals surface area (Å²) in [7, 11) is 0. The van der Waals surface area contributed by atoms with E-state index >= 15 is 0 Å². The Morgan fingerprint density at radius 2 is 2.00 bits per heavy atom. The molecule has 0 saturated carbocycles. The molecular formula is C18H16F3N3O3. The molecule has 1 aliphatic heterocycles. The molecule has 0 aliphatic carbocycles. The monoisotopic (exact) mass is 379 g/mol. The number of rotatable bonds is 3. The second-order valence-corrected chi connectivity index (χ2v) is 6.05. The van der Waals surface area contributed by atoms with Crippen molar-refractivity contribution in [1.29, 1.82) is 0 Å². The van der Waals surface area contributed by atoms with Crippen LogP contribution in [0.2, 0.25) is 0 Å². The number of alkyl halides is 3. The summed E-state index contributed by atoms with van der Waals surface area (Å²) >= 11 is 0. The molecule has 3 rings (SSSR count). The Morgan fingerprint density at radius 3 is 2.70 bits per heavy atom. The number of benzene rings is 1. The van der Waals surface area contributed by atoms with Gasteiger partial charge in [0, 0.05) is 6.20 Å². The Kier molecular flexibility index (Phi) is 4.77. The van der Waals surface area contributed by atoms with Gasteiger partial charge in [-0.15, -0.1) is 0 Å². The smallest absolute Gasteiger partial charge is 0.419 e. The third kappa shape index (κ3) is 3.71. The number of para-hydroxylation sites is 1. The van der Waals surface area contributed by atoms with Gasteiger partial charge in [-0.05, 0) is 37.6 Å². The van der Waals surface area contributed by atoms with Crippen LogP contribution in [0.4, 0.5) is 24.7 Å². The zero-order valence-corrected chi connectivity index (χ0v) is 14.5. The second kappa shape index (κ2) is 6.90. The minimum Gasteiger partial charge on any atom is -0.480 e. The van der Waals surface area contributed by atoms with E-state index in [0.717, 1.165) is 17.0 Å². The number of aromatic nitrogens is 1. The molecule has 142 valence electrons. The fourth-order valence-electron chi connectivity index (χ4n) is 2.75. The van der Waals surface area contributed by atoms with Gasteiger partial charge in [-0.25, -0.2) is 4.98 Å². The lowest BCUT2D eigenvalue weighted by Gasteiger charge is -2.31. The third-order valence-electron chi connectivity index (χ3n) is 4.07. The van der Waals surface area contributed by atoms with Gasteiger partial charge in [-0.1, -0.05) is 12.1 Å². The van der Waals surface area contributed by atoms with Crippen molar-refractivity contribution in [2.75, 3.05) is 16.8 Å². The molecule has 1 unspecified atom stereocenters. The molecule has 9 heteroatoms. The SMILES string of the molecule is Cc1ccnc2c1NC(=O)CN2C(=O)C(C)Oc1ccccc1C(F)(F)F. The molecule has 2 heterocycles. The van der Waals surface area contributed by atoms with Crippen molar-refractivity contribution in [1.82, 2.24) is 4.98 Å².